The Morgan fingerprint density at radius 2 is 2.47 bits per heavy atom. The quantitative estimate of drug-likeness (QED) is 0.793. The van der Waals surface area contributed by atoms with Crippen molar-refractivity contribution in [3.8, 4) is 0 Å². The molecule has 1 aromatic heterocycles. The highest BCUT2D eigenvalue weighted by Gasteiger charge is 2.19. The maximum atomic E-state index is 5.89. The van der Waals surface area contributed by atoms with Crippen LogP contribution in [0.5, 0.6) is 0 Å². The van der Waals surface area contributed by atoms with Crippen LogP contribution in [0.4, 0.5) is 0 Å². The second-order valence-corrected chi connectivity index (χ2v) is 4.24. The Balaban J connectivity index is 1.77. The van der Waals surface area contributed by atoms with Crippen molar-refractivity contribution < 1.29 is 4.74 Å². The smallest absolute Gasteiger partial charge is 0.108 e. The van der Waals surface area contributed by atoms with E-state index in [1.54, 1.807) is 4.68 Å². The van der Waals surface area contributed by atoms with Gasteiger partial charge in [0.1, 0.15) is 5.69 Å². The summed E-state index contributed by atoms with van der Waals surface area (Å²) in [6, 6.07) is 0.311. The van der Waals surface area contributed by atoms with Crippen LogP contribution in [0, 0.1) is 0 Å². The van der Waals surface area contributed by atoms with Crippen molar-refractivity contribution in [1.29, 1.82) is 0 Å². The number of hydrogen-bond donors (Lipinski definition) is 1. The molecule has 5 heteroatoms. The summed E-state index contributed by atoms with van der Waals surface area (Å²) in [6.07, 6.45) is 6.57. The van der Waals surface area contributed by atoms with Gasteiger partial charge in [0, 0.05) is 13.1 Å². The maximum Gasteiger partial charge on any atom is 0.108 e. The zero-order chi connectivity index (χ0) is 10.7. The molecule has 1 aliphatic rings. The van der Waals surface area contributed by atoms with E-state index in [-0.39, 0.29) is 0 Å². The molecule has 1 aliphatic carbocycles. The molecule has 0 amide bonds. The molecule has 5 nitrogen and oxygen atoms in total. The minimum atomic E-state index is 0.302. The first-order valence-electron chi connectivity index (χ1n) is 5.46. The average molecular weight is 210 g/mol. The van der Waals surface area contributed by atoms with E-state index < -0.39 is 0 Å². The first-order chi connectivity index (χ1) is 7.24. The largest absolute Gasteiger partial charge is 0.372 e. The number of rotatable bonds is 3. The number of hydrogen-bond acceptors (Lipinski definition) is 4. The third kappa shape index (κ3) is 3.00. The van der Waals surface area contributed by atoms with E-state index in [2.05, 4.69) is 10.3 Å². The molecule has 1 heterocycles. The fourth-order valence-corrected chi connectivity index (χ4v) is 2.00. The SMILES string of the molecule is Cn1cc(COC2CCCC(N)C2)nn1. The van der Waals surface area contributed by atoms with Gasteiger partial charge in [-0.05, 0) is 25.7 Å². The summed E-state index contributed by atoms with van der Waals surface area (Å²) < 4.78 is 7.44. The Labute approximate surface area is 89.6 Å². The second kappa shape index (κ2) is 4.72. The van der Waals surface area contributed by atoms with Crippen molar-refractivity contribution >= 4 is 0 Å². The van der Waals surface area contributed by atoms with Crippen LogP contribution in [0.1, 0.15) is 31.4 Å². The highest BCUT2D eigenvalue weighted by molar-refractivity contribution is 4.89. The van der Waals surface area contributed by atoms with Gasteiger partial charge in [0.2, 0.25) is 0 Å². The zero-order valence-corrected chi connectivity index (χ0v) is 9.09. The van der Waals surface area contributed by atoms with Gasteiger partial charge in [-0.2, -0.15) is 0 Å². The Hall–Kier alpha value is -0.940. The van der Waals surface area contributed by atoms with Gasteiger partial charge in [0.05, 0.1) is 18.9 Å². The molecule has 0 aromatic carbocycles. The molecule has 2 rings (SSSR count). The molecule has 2 N–H and O–H groups in total. The van der Waals surface area contributed by atoms with Gasteiger partial charge in [0.15, 0.2) is 0 Å². The van der Waals surface area contributed by atoms with Gasteiger partial charge >= 0.3 is 0 Å². The van der Waals surface area contributed by atoms with Crippen LogP contribution >= 0.6 is 0 Å². The molecule has 0 radical (unpaired) electrons. The molecule has 2 unspecified atom stereocenters. The number of nitrogens with two attached hydrogens (primary N) is 1. The van der Waals surface area contributed by atoms with E-state index >= 15 is 0 Å². The van der Waals surface area contributed by atoms with Gasteiger partial charge in [-0.25, -0.2) is 0 Å². The Morgan fingerprint density at radius 1 is 1.60 bits per heavy atom. The Morgan fingerprint density at radius 3 is 3.13 bits per heavy atom. The summed E-state index contributed by atoms with van der Waals surface area (Å²) in [5.41, 5.74) is 6.77. The van der Waals surface area contributed by atoms with E-state index in [9.17, 15) is 0 Å². The van der Waals surface area contributed by atoms with E-state index in [1.165, 1.54) is 6.42 Å². The third-order valence-electron chi connectivity index (χ3n) is 2.78. The van der Waals surface area contributed by atoms with Crippen LogP contribution in [-0.2, 0) is 18.4 Å². The predicted octanol–water partition coefficient (Wildman–Crippen LogP) is 0.602. The highest BCUT2D eigenvalue weighted by atomic mass is 16.5. The van der Waals surface area contributed by atoms with Gasteiger partial charge in [0.25, 0.3) is 0 Å². The topological polar surface area (TPSA) is 66.0 Å². The lowest BCUT2D eigenvalue weighted by Crippen LogP contribution is -2.32. The van der Waals surface area contributed by atoms with Crippen LogP contribution < -0.4 is 5.73 Å². The number of aromatic nitrogens is 3. The highest BCUT2D eigenvalue weighted by Crippen LogP contribution is 2.20. The van der Waals surface area contributed by atoms with Crippen molar-refractivity contribution in [1.82, 2.24) is 15.0 Å². The number of nitrogens with zero attached hydrogens (tertiary/aromatic N) is 3. The van der Waals surface area contributed by atoms with Crippen molar-refractivity contribution in [2.45, 2.75) is 44.4 Å². The zero-order valence-electron chi connectivity index (χ0n) is 9.09. The van der Waals surface area contributed by atoms with Crippen LogP contribution in [0.25, 0.3) is 0 Å². The number of ether oxygens (including phenoxy) is 1. The Bertz CT molecular complexity index is 312. The summed E-state index contributed by atoms with van der Waals surface area (Å²) in [7, 11) is 1.85. The standard InChI is InChI=1S/C10H18N4O/c1-14-6-9(12-13-14)7-15-10-4-2-3-8(11)5-10/h6,8,10H,2-5,7,11H2,1H3. The minimum Gasteiger partial charge on any atom is -0.372 e. The molecule has 84 valence electrons. The summed E-state index contributed by atoms with van der Waals surface area (Å²) in [4.78, 5) is 0. The van der Waals surface area contributed by atoms with Crippen molar-refractivity contribution in [2.24, 2.45) is 12.8 Å². The molecular weight excluding hydrogens is 192 g/mol. The molecule has 2 atom stereocenters. The average Bonchev–Trinajstić information content (AvgIpc) is 2.62. The molecule has 1 fully saturated rings. The normalized spacial score (nSPS) is 26.8. The monoisotopic (exact) mass is 210 g/mol. The predicted molar refractivity (Wildman–Crippen MR) is 56.0 cm³/mol. The van der Waals surface area contributed by atoms with E-state index in [1.807, 2.05) is 13.2 Å². The maximum absolute atomic E-state index is 5.89. The Kier molecular flexibility index (Phi) is 3.33. The van der Waals surface area contributed by atoms with Gasteiger partial charge in [-0.3, -0.25) is 4.68 Å². The summed E-state index contributed by atoms with van der Waals surface area (Å²) in [5.74, 6) is 0. The fraction of sp³-hybridized carbons (Fsp3) is 0.800. The first kappa shape index (κ1) is 10.6. The number of aryl methyl sites for hydroxylation is 1. The van der Waals surface area contributed by atoms with Crippen molar-refractivity contribution in [2.75, 3.05) is 0 Å². The molecule has 15 heavy (non-hydrogen) atoms. The molecule has 0 spiro atoms. The van der Waals surface area contributed by atoms with Crippen molar-refractivity contribution in [3.05, 3.63) is 11.9 Å². The van der Waals surface area contributed by atoms with Crippen LogP contribution in [0.2, 0.25) is 0 Å². The van der Waals surface area contributed by atoms with Gasteiger partial charge < -0.3 is 10.5 Å². The summed E-state index contributed by atoms with van der Waals surface area (Å²) in [6.45, 7) is 0.547. The summed E-state index contributed by atoms with van der Waals surface area (Å²) in [5, 5.41) is 7.83. The van der Waals surface area contributed by atoms with Crippen LogP contribution in [0.3, 0.4) is 0 Å². The first-order valence-corrected chi connectivity index (χ1v) is 5.46. The van der Waals surface area contributed by atoms with Gasteiger partial charge in [-0.15, -0.1) is 5.10 Å². The lowest BCUT2D eigenvalue weighted by molar-refractivity contribution is 0.0107. The molecule has 0 bridgehead atoms. The molecular formula is C10H18N4O. The van der Waals surface area contributed by atoms with Crippen LogP contribution in [0.15, 0.2) is 6.20 Å². The fourth-order valence-electron chi connectivity index (χ4n) is 2.00. The lowest BCUT2D eigenvalue weighted by atomic mass is 9.94. The van der Waals surface area contributed by atoms with Crippen LogP contribution in [-0.4, -0.2) is 27.1 Å². The molecule has 1 aromatic rings. The van der Waals surface area contributed by atoms with Gasteiger partial charge in [-0.1, -0.05) is 5.21 Å². The third-order valence-corrected chi connectivity index (χ3v) is 2.78. The van der Waals surface area contributed by atoms with E-state index in [0.717, 1.165) is 25.0 Å². The molecule has 1 saturated carbocycles. The van der Waals surface area contributed by atoms with E-state index in [4.69, 9.17) is 10.5 Å². The minimum absolute atomic E-state index is 0.302. The van der Waals surface area contributed by atoms with E-state index in [0.29, 0.717) is 18.8 Å². The molecule has 0 aliphatic heterocycles. The van der Waals surface area contributed by atoms with Crippen molar-refractivity contribution in [3.63, 3.8) is 0 Å². The molecule has 0 saturated heterocycles. The summed E-state index contributed by atoms with van der Waals surface area (Å²) >= 11 is 0. The second-order valence-electron chi connectivity index (χ2n) is 4.24. The lowest BCUT2D eigenvalue weighted by Gasteiger charge is -2.26.